The molecule has 0 aliphatic carbocycles. The Hall–Kier alpha value is -1.64. The van der Waals surface area contributed by atoms with Crippen molar-refractivity contribution in [2.45, 2.75) is 37.8 Å². The molecule has 0 saturated carbocycles. The second-order valence-electron chi connectivity index (χ2n) is 5.13. The standard InChI is InChI=1S/C14H19ClN2O5S/c1-9(2)16-13(18)8-22-14(19)10(3)17-23(20,21)12-6-4-5-11(15)7-12/h4-7,9-10,17H,8H2,1-3H3,(H,16,18)/t10-/m0/s1. The van der Waals surface area contributed by atoms with E-state index < -0.39 is 34.5 Å². The van der Waals surface area contributed by atoms with E-state index in [0.717, 1.165) is 0 Å². The highest BCUT2D eigenvalue weighted by Gasteiger charge is 2.23. The van der Waals surface area contributed by atoms with Gasteiger partial charge in [0.05, 0.1) is 4.90 Å². The van der Waals surface area contributed by atoms with E-state index in [2.05, 4.69) is 10.0 Å². The van der Waals surface area contributed by atoms with Crippen LogP contribution in [0.1, 0.15) is 20.8 Å². The number of carbonyl (C=O) groups is 2. The normalized spacial score (nSPS) is 12.7. The van der Waals surface area contributed by atoms with Gasteiger partial charge in [0.1, 0.15) is 6.04 Å². The number of benzene rings is 1. The number of nitrogens with one attached hydrogen (secondary N) is 2. The quantitative estimate of drug-likeness (QED) is 0.706. The fourth-order valence-electron chi connectivity index (χ4n) is 1.61. The molecular formula is C14H19ClN2O5S. The van der Waals surface area contributed by atoms with Gasteiger partial charge < -0.3 is 10.1 Å². The van der Waals surface area contributed by atoms with Gasteiger partial charge in [0.25, 0.3) is 5.91 Å². The van der Waals surface area contributed by atoms with Crippen molar-refractivity contribution in [2.24, 2.45) is 0 Å². The van der Waals surface area contributed by atoms with Crippen molar-refractivity contribution in [2.75, 3.05) is 6.61 Å². The van der Waals surface area contributed by atoms with Crippen molar-refractivity contribution < 1.29 is 22.7 Å². The van der Waals surface area contributed by atoms with Gasteiger partial charge in [-0.15, -0.1) is 0 Å². The zero-order valence-corrected chi connectivity index (χ0v) is 14.6. The van der Waals surface area contributed by atoms with Gasteiger partial charge in [-0.25, -0.2) is 8.42 Å². The Morgan fingerprint density at radius 3 is 2.48 bits per heavy atom. The van der Waals surface area contributed by atoms with E-state index >= 15 is 0 Å². The molecule has 1 atom stereocenters. The Kier molecular flexibility index (Phi) is 6.99. The molecule has 2 N–H and O–H groups in total. The van der Waals surface area contributed by atoms with Crippen LogP contribution in [0.25, 0.3) is 0 Å². The lowest BCUT2D eigenvalue weighted by Gasteiger charge is -2.14. The first-order chi connectivity index (χ1) is 10.6. The third kappa shape index (κ3) is 6.55. The lowest BCUT2D eigenvalue weighted by Crippen LogP contribution is -2.41. The largest absolute Gasteiger partial charge is 0.454 e. The molecule has 0 fully saturated rings. The monoisotopic (exact) mass is 362 g/mol. The fraction of sp³-hybridized carbons (Fsp3) is 0.429. The van der Waals surface area contributed by atoms with Crippen LogP contribution >= 0.6 is 11.6 Å². The van der Waals surface area contributed by atoms with E-state index in [1.165, 1.54) is 31.2 Å². The second kappa shape index (κ2) is 8.28. The predicted octanol–water partition coefficient (Wildman–Crippen LogP) is 1.07. The summed E-state index contributed by atoms with van der Waals surface area (Å²) in [6.07, 6.45) is 0. The second-order valence-corrected chi connectivity index (χ2v) is 7.28. The van der Waals surface area contributed by atoms with E-state index in [9.17, 15) is 18.0 Å². The number of rotatable bonds is 7. The molecule has 0 heterocycles. The molecule has 128 valence electrons. The van der Waals surface area contributed by atoms with Gasteiger partial charge in [-0.05, 0) is 39.0 Å². The van der Waals surface area contributed by atoms with Crippen LogP contribution in [0, 0.1) is 0 Å². The van der Waals surface area contributed by atoms with Crippen molar-refractivity contribution in [1.82, 2.24) is 10.0 Å². The molecule has 0 saturated heterocycles. The minimum atomic E-state index is -3.92. The number of hydrogen-bond acceptors (Lipinski definition) is 5. The Morgan fingerprint density at radius 1 is 1.26 bits per heavy atom. The van der Waals surface area contributed by atoms with E-state index in [1.54, 1.807) is 13.8 Å². The van der Waals surface area contributed by atoms with Gasteiger partial charge >= 0.3 is 5.97 Å². The maximum Gasteiger partial charge on any atom is 0.324 e. The molecule has 1 aromatic rings. The van der Waals surface area contributed by atoms with Gasteiger partial charge in [-0.2, -0.15) is 4.72 Å². The molecule has 0 unspecified atom stereocenters. The van der Waals surface area contributed by atoms with Crippen LogP contribution in [0.5, 0.6) is 0 Å². The SMILES string of the molecule is CC(C)NC(=O)COC(=O)[C@H](C)NS(=O)(=O)c1cccc(Cl)c1. The fourth-order valence-corrected chi connectivity index (χ4v) is 3.10. The molecule has 23 heavy (non-hydrogen) atoms. The van der Waals surface area contributed by atoms with Crippen molar-refractivity contribution in [1.29, 1.82) is 0 Å². The van der Waals surface area contributed by atoms with Crippen molar-refractivity contribution >= 4 is 33.5 Å². The highest BCUT2D eigenvalue weighted by atomic mass is 35.5. The molecule has 9 heteroatoms. The number of amides is 1. The zero-order valence-electron chi connectivity index (χ0n) is 13.0. The third-order valence-corrected chi connectivity index (χ3v) is 4.36. The Balaban J connectivity index is 2.62. The topological polar surface area (TPSA) is 102 Å². The van der Waals surface area contributed by atoms with Crippen LogP contribution in [0.15, 0.2) is 29.2 Å². The molecule has 0 aliphatic heterocycles. The average Bonchev–Trinajstić information content (AvgIpc) is 2.43. The highest BCUT2D eigenvalue weighted by molar-refractivity contribution is 7.89. The lowest BCUT2D eigenvalue weighted by molar-refractivity contribution is -0.149. The van der Waals surface area contributed by atoms with Gasteiger partial charge in [0.15, 0.2) is 6.61 Å². The van der Waals surface area contributed by atoms with E-state index in [-0.39, 0.29) is 16.0 Å². The van der Waals surface area contributed by atoms with Gasteiger partial charge in [-0.3, -0.25) is 9.59 Å². The van der Waals surface area contributed by atoms with Crippen molar-refractivity contribution in [3.8, 4) is 0 Å². The summed E-state index contributed by atoms with van der Waals surface area (Å²) in [6.45, 7) is 4.38. The number of halogens is 1. The van der Waals surface area contributed by atoms with E-state index in [4.69, 9.17) is 16.3 Å². The van der Waals surface area contributed by atoms with Crippen LogP contribution in [-0.4, -0.2) is 39.0 Å². The first kappa shape index (κ1) is 19.4. The number of sulfonamides is 1. The predicted molar refractivity (Wildman–Crippen MR) is 85.5 cm³/mol. The van der Waals surface area contributed by atoms with Crippen LogP contribution in [-0.2, 0) is 24.3 Å². The number of hydrogen-bond donors (Lipinski definition) is 2. The summed E-state index contributed by atoms with van der Waals surface area (Å²) < 4.78 is 31.2. The molecule has 0 aliphatic rings. The van der Waals surface area contributed by atoms with Gasteiger partial charge in [-0.1, -0.05) is 17.7 Å². The van der Waals surface area contributed by atoms with E-state index in [1.807, 2.05) is 0 Å². The van der Waals surface area contributed by atoms with Crippen LogP contribution in [0.4, 0.5) is 0 Å². The first-order valence-corrected chi connectivity index (χ1v) is 8.72. The molecule has 1 rings (SSSR count). The Morgan fingerprint density at radius 2 is 1.91 bits per heavy atom. The molecule has 0 radical (unpaired) electrons. The molecule has 1 amide bonds. The highest BCUT2D eigenvalue weighted by Crippen LogP contribution is 2.15. The summed E-state index contributed by atoms with van der Waals surface area (Å²) in [5, 5.41) is 2.81. The lowest BCUT2D eigenvalue weighted by atomic mass is 10.4. The molecule has 0 aromatic heterocycles. The number of carbonyl (C=O) groups excluding carboxylic acids is 2. The van der Waals surface area contributed by atoms with Crippen molar-refractivity contribution in [3.05, 3.63) is 29.3 Å². The van der Waals surface area contributed by atoms with E-state index in [0.29, 0.717) is 0 Å². The molecule has 0 spiro atoms. The number of ether oxygens (including phenoxy) is 1. The molecule has 0 bridgehead atoms. The first-order valence-electron chi connectivity index (χ1n) is 6.85. The summed E-state index contributed by atoms with van der Waals surface area (Å²) in [4.78, 5) is 23.1. The summed E-state index contributed by atoms with van der Waals surface area (Å²) in [7, 11) is -3.92. The van der Waals surface area contributed by atoms with Crippen LogP contribution in [0.2, 0.25) is 5.02 Å². The van der Waals surface area contributed by atoms with Gasteiger partial charge in [0.2, 0.25) is 10.0 Å². The smallest absolute Gasteiger partial charge is 0.324 e. The third-order valence-electron chi connectivity index (χ3n) is 2.59. The molecular weight excluding hydrogens is 344 g/mol. The Bertz CT molecular complexity index is 676. The summed E-state index contributed by atoms with van der Waals surface area (Å²) in [5.74, 6) is -1.31. The number of esters is 1. The minimum absolute atomic E-state index is 0.0674. The maximum atomic E-state index is 12.1. The molecule has 1 aromatic carbocycles. The van der Waals surface area contributed by atoms with Gasteiger partial charge in [0, 0.05) is 11.1 Å². The minimum Gasteiger partial charge on any atom is -0.454 e. The average molecular weight is 363 g/mol. The van der Waals surface area contributed by atoms with Crippen LogP contribution in [0.3, 0.4) is 0 Å². The zero-order chi connectivity index (χ0) is 17.6. The summed E-state index contributed by atoms with van der Waals surface area (Å²) >= 11 is 5.75. The summed E-state index contributed by atoms with van der Waals surface area (Å²) in [6, 6.07) is 4.40. The molecule has 7 nitrogen and oxygen atoms in total. The summed E-state index contributed by atoms with van der Waals surface area (Å²) in [5.41, 5.74) is 0. The Labute approximate surface area is 140 Å². The van der Waals surface area contributed by atoms with Crippen molar-refractivity contribution in [3.63, 3.8) is 0 Å². The maximum absolute atomic E-state index is 12.1. The van der Waals surface area contributed by atoms with Crippen LogP contribution < -0.4 is 10.0 Å².